The topological polar surface area (TPSA) is 93.2 Å². The Hall–Kier alpha value is -3.56. The minimum atomic E-state index is -4.21. The van der Waals surface area contributed by atoms with Crippen LogP contribution in [0.25, 0.3) is 0 Å². The third kappa shape index (κ3) is 3.97. The summed E-state index contributed by atoms with van der Waals surface area (Å²) in [6.45, 7) is 1.64. The SMILES string of the molecule is COC(=O)c1ccc(OC)c(CN2C(=O)N(c3cc(Cl)ccc3C)S(=O)(=O)c3ccccc32)c1. The van der Waals surface area contributed by atoms with Gasteiger partial charge in [0.2, 0.25) is 0 Å². The van der Waals surface area contributed by atoms with E-state index >= 15 is 0 Å². The van der Waals surface area contributed by atoms with Crippen LogP contribution >= 0.6 is 11.6 Å². The van der Waals surface area contributed by atoms with Crippen LogP contribution in [-0.4, -0.2) is 34.6 Å². The zero-order valence-electron chi connectivity index (χ0n) is 18.6. The summed E-state index contributed by atoms with van der Waals surface area (Å²) >= 11 is 6.14. The Morgan fingerprint density at radius 1 is 1.00 bits per heavy atom. The van der Waals surface area contributed by atoms with E-state index in [0.717, 1.165) is 4.31 Å². The van der Waals surface area contributed by atoms with Crippen LogP contribution in [0, 0.1) is 6.92 Å². The second-order valence-electron chi connectivity index (χ2n) is 7.55. The Morgan fingerprint density at radius 2 is 1.74 bits per heavy atom. The maximum absolute atomic E-state index is 13.7. The number of carbonyl (C=O) groups is 2. The van der Waals surface area contributed by atoms with Crippen molar-refractivity contribution in [3.05, 3.63) is 82.4 Å². The van der Waals surface area contributed by atoms with Crippen LogP contribution in [-0.2, 0) is 21.3 Å². The van der Waals surface area contributed by atoms with Gasteiger partial charge in [-0.25, -0.2) is 18.0 Å². The number of ether oxygens (including phenoxy) is 2. The quantitative estimate of drug-likeness (QED) is 0.468. The van der Waals surface area contributed by atoms with Crippen molar-refractivity contribution in [2.75, 3.05) is 23.4 Å². The highest BCUT2D eigenvalue weighted by Gasteiger charge is 2.43. The maximum Gasteiger partial charge on any atom is 0.343 e. The highest BCUT2D eigenvalue weighted by atomic mass is 35.5. The van der Waals surface area contributed by atoms with Gasteiger partial charge in [0, 0.05) is 10.6 Å². The Balaban J connectivity index is 1.89. The fourth-order valence-corrected chi connectivity index (χ4v) is 5.63. The first-order chi connectivity index (χ1) is 16.2. The van der Waals surface area contributed by atoms with Gasteiger partial charge in [0.15, 0.2) is 0 Å². The number of urea groups is 1. The van der Waals surface area contributed by atoms with Crippen LogP contribution in [0.4, 0.5) is 16.2 Å². The molecule has 34 heavy (non-hydrogen) atoms. The van der Waals surface area contributed by atoms with Crippen molar-refractivity contribution in [3.63, 3.8) is 0 Å². The Bertz CT molecular complexity index is 1410. The molecule has 0 radical (unpaired) electrons. The number of esters is 1. The number of halogens is 1. The Kier molecular flexibility index (Phi) is 6.24. The van der Waals surface area contributed by atoms with Crippen LogP contribution < -0.4 is 13.9 Å². The van der Waals surface area contributed by atoms with Gasteiger partial charge in [0.05, 0.1) is 37.7 Å². The second-order valence-corrected chi connectivity index (χ2v) is 9.75. The standard InChI is InChI=1S/C24H21ClN2O6S/c1-15-8-10-18(25)13-20(15)27-24(29)26(19-6-4-5-7-22(19)34(27,30)31)14-17-12-16(23(28)33-3)9-11-21(17)32-2/h4-13H,14H2,1-3H3. The summed E-state index contributed by atoms with van der Waals surface area (Å²) in [5.74, 6) is -0.120. The van der Waals surface area contributed by atoms with Gasteiger partial charge < -0.3 is 9.47 Å². The molecule has 0 atom stereocenters. The number of aryl methyl sites for hydroxylation is 1. The molecule has 0 aliphatic carbocycles. The summed E-state index contributed by atoms with van der Waals surface area (Å²) in [5, 5.41) is 0.293. The van der Waals surface area contributed by atoms with E-state index < -0.39 is 22.0 Å². The first-order valence-electron chi connectivity index (χ1n) is 10.2. The fraction of sp³-hybridized carbons (Fsp3) is 0.167. The molecule has 0 N–H and O–H groups in total. The van der Waals surface area contributed by atoms with Crippen molar-refractivity contribution >= 4 is 45.0 Å². The van der Waals surface area contributed by atoms with Gasteiger partial charge in [-0.15, -0.1) is 0 Å². The van der Waals surface area contributed by atoms with Gasteiger partial charge in [-0.05, 0) is 55.0 Å². The Labute approximate surface area is 202 Å². The minimum absolute atomic E-state index is 0.0305. The van der Waals surface area contributed by atoms with E-state index in [2.05, 4.69) is 0 Å². The molecule has 176 valence electrons. The number of hydrogen-bond acceptors (Lipinski definition) is 6. The molecule has 2 amide bonds. The number of hydrogen-bond donors (Lipinski definition) is 0. The largest absolute Gasteiger partial charge is 0.496 e. The first-order valence-corrected chi connectivity index (χ1v) is 12.0. The average Bonchev–Trinajstić information content (AvgIpc) is 2.83. The number of rotatable bonds is 5. The van der Waals surface area contributed by atoms with Gasteiger partial charge in [-0.1, -0.05) is 29.8 Å². The molecule has 0 saturated heterocycles. The number of sulfonamides is 1. The molecule has 1 aliphatic rings. The lowest BCUT2D eigenvalue weighted by molar-refractivity contribution is 0.0600. The lowest BCUT2D eigenvalue weighted by Crippen LogP contribution is -2.51. The van der Waals surface area contributed by atoms with E-state index in [4.69, 9.17) is 21.1 Å². The van der Waals surface area contributed by atoms with Crippen molar-refractivity contribution in [2.45, 2.75) is 18.4 Å². The van der Waals surface area contributed by atoms with Gasteiger partial charge >= 0.3 is 12.0 Å². The predicted octanol–water partition coefficient (Wildman–Crippen LogP) is 4.78. The molecule has 0 spiro atoms. The van der Waals surface area contributed by atoms with Crippen molar-refractivity contribution in [2.24, 2.45) is 0 Å². The summed E-state index contributed by atoms with van der Waals surface area (Å²) in [6, 6.07) is 14.9. The monoisotopic (exact) mass is 500 g/mol. The molecular weight excluding hydrogens is 480 g/mol. The molecule has 4 rings (SSSR count). The van der Waals surface area contributed by atoms with Crippen molar-refractivity contribution in [3.8, 4) is 5.75 Å². The number of fused-ring (bicyclic) bond motifs is 1. The molecule has 0 fully saturated rings. The summed E-state index contributed by atoms with van der Waals surface area (Å²) in [7, 11) is -1.48. The lowest BCUT2D eigenvalue weighted by Gasteiger charge is -2.37. The number of carbonyl (C=O) groups excluding carboxylic acids is 2. The number of amides is 2. The molecule has 10 heteroatoms. The van der Waals surface area contributed by atoms with Crippen LogP contribution in [0.2, 0.25) is 5.02 Å². The number of methoxy groups -OCH3 is 2. The number of para-hydroxylation sites is 1. The first kappa shape index (κ1) is 23.6. The average molecular weight is 501 g/mol. The maximum atomic E-state index is 13.7. The van der Waals surface area contributed by atoms with E-state index in [1.54, 1.807) is 55.5 Å². The van der Waals surface area contributed by atoms with E-state index in [1.807, 2.05) is 0 Å². The summed E-state index contributed by atoms with van der Waals surface area (Å²) in [4.78, 5) is 27.1. The number of benzene rings is 3. The third-order valence-corrected chi connectivity index (χ3v) is 7.47. The smallest absolute Gasteiger partial charge is 0.343 e. The lowest BCUT2D eigenvalue weighted by atomic mass is 10.1. The van der Waals surface area contributed by atoms with Crippen LogP contribution in [0.3, 0.4) is 0 Å². The second kappa shape index (κ2) is 9.00. The number of nitrogens with zero attached hydrogens (tertiary/aromatic N) is 2. The molecule has 3 aromatic carbocycles. The molecule has 8 nitrogen and oxygen atoms in total. The molecule has 1 heterocycles. The predicted molar refractivity (Wildman–Crippen MR) is 128 cm³/mol. The zero-order chi connectivity index (χ0) is 24.6. The van der Waals surface area contributed by atoms with E-state index in [1.165, 1.54) is 31.3 Å². The minimum Gasteiger partial charge on any atom is -0.496 e. The van der Waals surface area contributed by atoms with Crippen molar-refractivity contribution in [1.82, 2.24) is 0 Å². The van der Waals surface area contributed by atoms with E-state index in [0.29, 0.717) is 21.9 Å². The van der Waals surface area contributed by atoms with Crippen molar-refractivity contribution in [1.29, 1.82) is 0 Å². The van der Waals surface area contributed by atoms with E-state index in [-0.39, 0.29) is 28.4 Å². The molecule has 0 saturated carbocycles. The van der Waals surface area contributed by atoms with Gasteiger partial charge in [0.25, 0.3) is 10.0 Å². The van der Waals surface area contributed by atoms with E-state index in [9.17, 15) is 18.0 Å². The molecule has 1 aliphatic heterocycles. The molecule has 0 bridgehead atoms. The van der Waals surface area contributed by atoms with Crippen LogP contribution in [0.15, 0.2) is 65.6 Å². The summed E-state index contributed by atoms with van der Waals surface area (Å²) in [5.41, 5.74) is 1.70. The van der Waals surface area contributed by atoms with Gasteiger partial charge in [-0.2, -0.15) is 4.31 Å². The highest BCUT2D eigenvalue weighted by Crippen LogP contribution is 2.40. The van der Waals surface area contributed by atoms with Crippen LogP contribution in [0.1, 0.15) is 21.5 Å². The van der Waals surface area contributed by atoms with Crippen LogP contribution in [0.5, 0.6) is 5.75 Å². The Morgan fingerprint density at radius 3 is 2.44 bits per heavy atom. The molecule has 0 aromatic heterocycles. The fourth-order valence-electron chi connectivity index (χ4n) is 3.82. The highest BCUT2D eigenvalue weighted by molar-refractivity contribution is 7.94. The zero-order valence-corrected chi connectivity index (χ0v) is 20.2. The molecular formula is C24H21ClN2O6S. The van der Waals surface area contributed by atoms with Gasteiger partial charge in [0.1, 0.15) is 10.6 Å². The van der Waals surface area contributed by atoms with Crippen molar-refractivity contribution < 1.29 is 27.5 Å². The number of anilines is 2. The third-order valence-electron chi connectivity index (χ3n) is 5.50. The molecule has 0 unspecified atom stereocenters. The summed E-state index contributed by atoms with van der Waals surface area (Å²) < 4.78 is 38.0. The van der Waals surface area contributed by atoms with Gasteiger partial charge in [-0.3, -0.25) is 4.90 Å². The summed E-state index contributed by atoms with van der Waals surface area (Å²) in [6.07, 6.45) is 0. The normalized spacial score (nSPS) is 14.5. The molecule has 3 aromatic rings.